The maximum atomic E-state index is 11.3. The molecule has 0 fully saturated rings. The van der Waals surface area contributed by atoms with Crippen molar-refractivity contribution < 1.29 is 23.9 Å². The molecule has 0 amide bonds. The monoisotopic (exact) mass is 412 g/mol. The van der Waals surface area contributed by atoms with Crippen molar-refractivity contribution in [3.63, 3.8) is 0 Å². The Hall–Kier alpha value is -0.920. The Balaban J connectivity index is 3.52. The molecule has 0 spiro atoms. The summed E-state index contributed by atoms with van der Waals surface area (Å²) in [5, 5.41) is -0.754. The number of halogens is 3. The third-order valence-electron chi connectivity index (χ3n) is 1.83. The summed E-state index contributed by atoms with van der Waals surface area (Å²) in [4.78, 5) is 33.4. The van der Waals surface area contributed by atoms with E-state index in [2.05, 4.69) is 31.9 Å². The third-order valence-corrected chi connectivity index (χ3v) is 3.41. The number of carbonyl (C=O) groups is 3. The van der Waals surface area contributed by atoms with Gasteiger partial charge in [0.15, 0.2) is 11.5 Å². The molecule has 0 saturated heterocycles. The Bertz CT molecular complexity index is 571. The summed E-state index contributed by atoms with van der Waals surface area (Å²) in [6.07, 6.45) is 0. The molecule has 0 aliphatic rings. The molecule has 0 aliphatic carbocycles. The molecule has 0 N–H and O–H groups in total. The summed E-state index contributed by atoms with van der Waals surface area (Å²) in [5.74, 6) is -1.36. The lowest BCUT2D eigenvalue weighted by Crippen LogP contribution is -2.09. The van der Waals surface area contributed by atoms with Gasteiger partial charge < -0.3 is 9.47 Å². The summed E-state index contributed by atoms with van der Waals surface area (Å²) >= 11 is 11.6. The number of benzene rings is 1. The first kappa shape index (κ1) is 16.1. The van der Waals surface area contributed by atoms with Gasteiger partial charge >= 0.3 is 11.9 Å². The van der Waals surface area contributed by atoms with Crippen LogP contribution in [0.2, 0.25) is 0 Å². The smallest absolute Gasteiger partial charge is 0.308 e. The van der Waals surface area contributed by atoms with Gasteiger partial charge in [-0.25, -0.2) is 0 Å². The van der Waals surface area contributed by atoms with E-state index in [1.165, 1.54) is 19.9 Å². The molecule has 0 radical (unpaired) electrons. The van der Waals surface area contributed by atoms with Gasteiger partial charge in [-0.2, -0.15) is 0 Å². The predicted octanol–water partition coefficient (Wildman–Crippen LogP) is 3.44. The first-order chi connectivity index (χ1) is 8.73. The molecule has 5 nitrogen and oxygen atoms in total. The van der Waals surface area contributed by atoms with Crippen LogP contribution in [0.15, 0.2) is 15.0 Å². The molecular formula is C11H7Br2ClO5. The topological polar surface area (TPSA) is 69.7 Å². The van der Waals surface area contributed by atoms with Crippen LogP contribution in [0.3, 0.4) is 0 Å². The zero-order valence-corrected chi connectivity index (χ0v) is 13.7. The first-order valence-electron chi connectivity index (χ1n) is 4.82. The highest BCUT2D eigenvalue weighted by Gasteiger charge is 2.23. The molecule has 0 unspecified atom stereocenters. The maximum absolute atomic E-state index is 11.3. The highest BCUT2D eigenvalue weighted by molar-refractivity contribution is 9.11. The summed E-state index contributed by atoms with van der Waals surface area (Å²) in [6, 6.07) is 1.35. The van der Waals surface area contributed by atoms with Crippen molar-refractivity contribution in [2.45, 2.75) is 13.8 Å². The molecular weight excluding hydrogens is 407 g/mol. The highest BCUT2D eigenvalue weighted by Crippen LogP contribution is 2.44. The van der Waals surface area contributed by atoms with Crippen LogP contribution >= 0.6 is 43.5 Å². The van der Waals surface area contributed by atoms with E-state index in [0.717, 1.165) is 0 Å². The summed E-state index contributed by atoms with van der Waals surface area (Å²) in [7, 11) is 0. The van der Waals surface area contributed by atoms with E-state index in [0.29, 0.717) is 0 Å². The van der Waals surface area contributed by atoms with Crippen molar-refractivity contribution in [1.29, 1.82) is 0 Å². The number of hydrogen-bond acceptors (Lipinski definition) is 5. The second-order valence-corrected chi connectivity index (χ2v) is 5.33. The molecule has 19 heavy (non-hydrogen) atoms. The van der Waals surface area contributed by atoms with Crippen molar-refractivity contribution in [3.8, 4) is 11.5 Å². The SMILES string of the molecule is CC(=O)Oc1c(Br)cc(C(=O)Cl)c(Br)c1OC(C)=O. The third kappa shape index (κ3) is 4.02. The number of rotatable bonds is 3. The van der Waals surface area contributed by atoms with Gasteiger partial charge in [0.05, 0.1) is 14.5 Å². The van der Waals surface area contributed by atoms with Crippen molar-refractivity contribution >= 4 is 60.6 Å². The van der Waals surface area contributed by atoms with Crippen molar-refractivity contribution in [1.82, 2.24) is 0 Å². The highest BCUT2D eigenvalue weighted by atomic mass is 79.9. The lowest BCUT2D eigenvalue weighted by molar-refractivity contribution is -0.134. The van der Waals surface area contributed by atoms with Crippen LogP contribution in [0.25, 0.3) is 0 Å². The van der Waals surface area contributed by atoms with E-state index < -0.39 is 17.2 Å². The second kappa shape index (κ2) is 6.49. The average Bonchev–Trinajstić information content (AvgIpc) is 2.26. The van der Waals surface area contributed by atoms with E-state index in [9.17, 15) is 14.4 Å². The van der Waals surface area contributed by atoms with Crippen LogP contribution in [-0.2, 0) is 9.59 Å². The van der Waals surface area contributed by atoms with Gasteiger partial charge in [0.2, 0.25) is 0 Å². The summed E-state index contributed by atoms with van der Waals surface area (Å²) in [5.41, 5.74) is 0.0701. The van der Waals surface area contributed by atoms with Gasteiger partial charge in [0, 0.05) is 13.8 Å². The van der Waals surface area contributed by atoms with E-state index in [4.69, 9.17) is 21.1 Å². The second-order valence-electron chi connectivity index (χ2n) is 3.34. The Kier molecular flexibility index (Phi) is 5.51. The normalized spacial score (nSPS) is 9.95. The lowest BCUT2D eigenvalue weighted by Gasteiger charge is -2.14. The number of hydrogen-bond donors (Lipinski definition) is 0. The van der Waals surface area contributed by atoms with Gasteiger partial charge in [-0.05, 0) is 49.5 Å². The molecule has 0 saturated carbocycles. The van der Waals surface area contributed by atoms with E-state index in [1.807, 2.05) is 0 Å². The number of carbonyl (C=O) groups excluding carboxylic acids is 3. The van der Waals surface area contributed by atoms with Crippen LogP contribution in [-0.4, -0.2) is 17.2 Å². The van der Waals surface area contributed by atoms with Gasteiger partial charge in [-0.3, -0.25) is 14.4 Å². The predicted molar refractivity (Wildman–Crippen MR) is 74.6 cm³/mol. The quantitative estimate of drug-likeness (QED) is 0.431. The molecule has 1 aromatic carbocycles. The number of esters is 2. The molecule has 0 aliphatic heterocycles. The molecule has 1 rings (SSSR count). The van der Waals surface area contributed by atoms with Crippen LogP contribution in [0.4, 0.5) is 0 Å². The van der Waals surface area contributed by atoms with E-state index >= 15 is 0 Å². The maximum Gasteiger partial charge on any atom is 0.308 e. The standard InChI is InChI=1S/C11H7Br2ClO5/c1-4(15)18-9-7(12)3-6(11(14)17)8(13)10(9)19-5(2)16/h3H,1-2H3. The fraction of sp³-hybridized carbons (Fsp3) is 0.182. The van der Waals surface area contributed by atoms with Gasteiger partial charge in [-0.1, -0.05) is 0 Å². The van der Waals surface area contributed by atoms with Gasteiger partial charge in [-0.15, -0.1) is 0 Å². The minimum Gasteiger partial charge on any atom is -0.421 e. The molecule has 0 atom stereocenters. The molecule has 0 bridgehead atoms. The van der Waals surface area contributed by atoms with Crippen LogP contribution < -0.4 is 9.47 Å². The summed E-state index contributed by atoms with van der Waals surface area (Å²) < 4.78 is 10.3. The van der Waals surface area contributed by atoms with Crippen LogP contribution in [0.5, 0.6) is 11.5 Å². The molecule has 102 valence electrons. The minimum absolute atomic E-state index is 0.0174. The van der Waals surface area contributed by atoms with Crippen LogP contribution in [0.1, 0.15) is 24.2 Å². The first-order valence-corrected chi connectivity index (χ1v) is 6.79. The van der Waals surface area contributed by atoms with E-state index in [1.54, 1.807) is 0 Å². The van der Waals surface area contributed by atoms with Gasteiger partial charge in [0.25, 0.3) is 5.24 Å². The van der Waals surface area contributed by atoms with Crippen molar-refractivity contribution in [2.75, 3.05) is 0 Å². The molecule has 1 aromatic rings. The molecule has 0 aromatic heterocycles. The Morgan fingerprint density at radius 1 is 1.05 bits per heavy atom. The van der Waals surface area contributed by atoms with Crippen molar-refractivity contribution in [3.05, 3.63) is 20.6 Å². The average molecular weight is 414 g/mol. The fourth-order valence-corrected chi connectivity index (χ4v) is 2.51. The Morgan fingerprint density at radius 3 is 1.95 bits per heavy atom. The minimum atomic E-state index is -0.754. The number of ether oxygens (including phenoxy) is 2. The van der Waals surface area contributed by atoms with E-state index in [-0.39, 0.29) is 26.0 Å². The van der Waals surface area contributed by atoms with Crippen LogP contribution in [0, 0.1) is 0 Å². The zero-order chi connectivity index (χ0) is 14.7. The van der Waals surface area contributed by atoms with Crippen molar-refractivity contribution in [2.24, 2.45) is 0 Å². The van der Waals surface area contributed by atoms with Gasteiger partial charge in [0.1, 0.15) is 0 Å². The molecule has 0 heterocycles. The fourth-order valence-electron chi connectivity index (χ4n) is 1.20. The largest absolute Gasteiger partial charge is 0.421 e. The Labute approximate surface area is 130 Å². The lowest BCUT2D eigenvalue weighted by atomic mass is 10.2. The zero-order valence-electron chi connectivity index (χ0n) is 9.75. The Morgan fingerprint density at radius 2 is 1.53 bits per heavy atom. The summed E-state index contributed by atoms with van der Waals surface area (Å²) in [6.45, 7) is 2.37. The molecule has 8 heteroatoms.